The van der Waals surface area contributed by atoms with Gasteiger partial charge in [0.1, 0.15) is 12.3 Å². The first kappa shape index (κ1) is 19.0. The second-order valence-corrected chi connectivity index (χ2v) is 4.95. The van der Waals surface area contributed by atoms with E-state index >= 15 is 0 Å². The Kier molecular flexibility index (Phi) is 5.59. The van der Waals surface area contributed by atoms with Crippen LogP contribution in [-0.2, 0) is 4.79 Å². The molecule has 1 amide bonds. The van der Waals surface area contributed by atoms with Crippen molar-refractivity contribution in [3.05, 3.63) is 58.1 Å². The molecule has 0 saturated heterocycles. The number of rotatable bonds is 3. The number of aliphatic hydroxyl groups is 1. The molecule has 26 heavy (non-hydrogen) atoms. The lowest BCUT2D eigenvalue weighted by atomic mass is 10.0. The monoisotopic (exact) mass is 364 g/mol. The van der Waals surface area contributed by atoms with Gasteiger partial charge < -0.3 is 10.4 Å². The molecule has 2 N–H and O–H groups in total. The van der Waals surface area contributed by atoms with Crippen molar-refractivity contribution in [1.82, 2.24) is 0 Å². The number of aliphatic hydroxyl groups excluding tert-OH is 1. The first-order valence-electron chi connectivity index (χ1n) is 7.09. The van der Waals surface area contributed by atoms with Crippen LogP contribution in [0.4, 0.5) is 24.5 Å². The van der Waals surface area contributed by atoms with Crippen molar-refractivity contribution in [2.45, 2.75) is 6.18 Å². The lowest BCUT2D eigenvalue weighted by Gasteiger charge is -2.12. The van der Waals surface area contributed by atoms with Crippen molar-refractivity contribution in [2.24, 2.45) is 0 Å². The van der Waals surface area contributed by atoms with Crippen molar-refractivity contribution < 1.29 is 28.0 Å². The van der Waals surface area contributed by atoms with Crippen LogP contribution in [0.2, 0.25) is 0 Å². The zero-order chi connectivity index (χ0) is 19.3. The number of benzene rings is 2. The molecule has 134 valence electrons. The van der Waals surface area contributed by atoms with Crippen LogP contribution in [0.1, 0.15) is 5.56 Å². The molecule has 0 spiro atoms. The Morgan fingerprint density at radius 3 is 2.38 bits per heavy atom. The molecule has 0 aliphatic carbocycles. The minimum absolute atomic E-state index is 0.218. The standard InChI is InChI=1S/C17H11F3N2O4/c18-17(19,20)16(24)21-15-12(7-4-8-23)9-13(10-14(15)22(25)26)11-5-2-1-3-6-11/h1-3,5-6,9-10,23H,8H2,(H,21,24). The number of nitrogens with one attached hydrogen (secondary N) is 1. The maximum atomic E-state index is 12.5. The van der Waals surface area contributed by atoms with Gasteiger partial charge in [0.2, 0.25) is 0 Å². The number of carbonyl (C=O) groups is 1. The molecule has 0 radical (unpaired) electrons. The van der Waals surface area contributed by atoms with Gasteiger partial charge in [-0.2, -0.15) is 13.2 Å². The Morgan fingerprint density at radius 1 is 1.19 bits per heavy atom. The van der Waals surface area contributed by atoms with E-state index in [9.17, 15) is 28.1 Å². The summed E-state index contributed by atoms with van der Waals surface area (Å²) in [6.45, 7) is -0.615. The number of anilines is 1. The van der Waals surface area contributed by atoms with Crippen molar-refractivity contribution in [1.29, 1.82) is 0 Å². The van der Waals surface area contributed by atoms with Crippen LogP contribution >= 0.6 is 0 Å². The third-order valence-electron chi connectivity index (χ3n) is 3.22. The highest BCUT2D eigenvalue weighted by atomic mass is 19.4. The summed E-state index contributed by atoms with van der Waals surface area (Å²) < 4.78 is 37.6. The number of alkyl halides is 3. The van der Waals surface area contributed by atoms with E-state index in [-0.39, 0.29) is 5.56 Å². The normalized spacial score (nSPS) is 10.6. The number of nitrogens with zero attached hydrogens (tertiary/aromatic N) is 1. The van der Waals surface area contributed by atoms with Gasteiger partial charge in [-0.25, -0.2) is 0 Å². The van der Waals surface area contributed by atoms with Crippen LogP contribution in [-0.4, -0.2) is 28.7 Å². The second kappa shape index (κ2) is 7.67. The van der Waals surface area contributed by atoms with E-state index in [0.29, 0.717) is 11.1 Å². The van der Waals surface area contributed by atoms with Gasteiger partial charge in [-0.15, -0.1) is 0 Å². The summed E-state index contributed by atoms with van der Waals surface area (Å²) >= 11 is 0. The van der Waals surface area contributed by atoms with Crippen molar-refractivity contribution in [3.63, 3.8) is 0 Å². The summed E-state index contributed by atoms with van der Waals surface area (Å²) in [7, 11) is 0. The number of hydrogen-bond acceptors (Lipinski definition) is 4. The summed E-state index contributed by atoms with van der Waals surface area (Å²) in [5.74, 6) is 2.19. The van der Waals surface area contributed by atoms with Gasteiger partial charge in [0.15, 0.2) is 0 Å². The zero-order valence-corrected chi connectivity index (χ0v) is 13.0. The van der Waals surface area contributed by atoms with Crippen molar-refractivity contribution >= 4 is 17.3 Å². The van der Waals surface area contributed by atoms with Crippen LogP contribution in [0, 0.1) is 22.0 Å². The lowest BCUT2D eigenvalue weighted by Crippen LogP contribution is -2.30. The molecule has 0 aliphatic heterocycles. The lowest BCUT2D eigenvalue weighted by molar-refractivity contribution is -0.383. The molecule has 0 bridgehead atoms. The molecule has 9 heteroatoms. The number of amides is 1. The molecule has 0 heterocycles. The van der Waals surface area contributed by atoms with E-state index in [4.69, 9.17) is 5.11 Å². The average Bonchev–Trinajstić information content (AvgIpc) is 2.60. The highest BCUT2D eigenvalue weighted by Gasteiger charge is 2.40. The quantitative estimate of drug-likeness (QED) is 0.497. The predicted molar refractivity (Wildman–Crippen MR) is 87.2 cm³/mol. The van der Waals surface area contributed by atoms with E-state index in [0.717, 1.165) is 6.07 Å². The number of nitro groups is 1. The van der Waals surface area contributed by atoms with Gasteiger partial charge in [0.05, 0.1) is 10.5 Å². The second-order valence-electron chi connectivity index (χ2n) is 4.95. The minimum Gasteiger partial charge on any atom is -0.384 e. The fourth-order valence-corrected chi connectivity index (χ4v) is 2.12. The summed E-state index contributed by atoms with van der Waals surface area (Å²) in [4.78, 5) is 21.7. The smallest absolute Gasteiger partial charge is 0.384 e. The molecular weight excluding hydrogens is 353 g/mol. The fourth-order valence-electron chi connectivity index (χ4n) is 2.12. The fraction of sp³-hybridized carbons (Fsp3) is 0.118. The Morgan fingerprint density at radius 2 is 1.85 bits per heavy atom. The Hall–Kier alpha value is -3.38. The number of nitro benzene ring substituents is 1. The van der Waals surface area contributed by atoms with Crippen molar-refractivity contribution in [3.8, 4) is 23.0 Å². The predicted octanol–water partition coefficient (Wildman–Crippen LogP) is 3.11. The third kappa shape index (κ3) is 4.37. The molecule has 0 atom stereocenters. The molecule has 2 rings (SSSR count). The van der Waals surface area contributed by atoms with Gasteiger partial charge in [-0.3, -0.25) is 14.9 Å². The van der Waals surface area contributed by atoms with E-state index in [1.165, 1.54) is 11.4 Å². The van der Waals surface area contributed by atoms with Gasteiger partial charge >= 0.3 is 12.1 Å². The van der Waals surface area contributed by atoms with Gasteiger partial charge in [-0.1, -0.05) is 42.2 Å². The minimum atomic E-state index is -5.23. The van der Waals surface area contributed by atoms with Gasteiger partial charge in [0.25, 0.3) is 5.69 Å². The average molecular weight is 364 g/mol. The van der Waals surface area contributed by atoms with Gasteiger partial charge in [-0.05, 0) is 17.2 Å². The highest BCUT2D eigenvalue weighted by molar-refractivity contribution is 5.99. The van der Waals surface area contributed by atoms with E-state index in [1.807, 2.05) is 0 Å². The van der Waals surface area contributed by atoms with Crippen LogP contribution in [0.3, 0.4) is 0 Å². The van der Waals surface area contributed by atoms with Crippen LogP contribution < -0.4 is 5.32 Å². The van der Waals surface area contributed by atoms with Crippen LogP contribution in [0.25, 0.3) is 11.1 Å². The molecule has 2 aromatic rings. The molecule has 6 nitrogen and oxygen atoms in total. The van der Waals surface area contributed by atoms with Crippen LogP contribution in [0.15, 0.2) is 42.5 Å². The largest absolute Gasteiger partial charge is 0.471 e. The van der Waals surface area contributed by atoms with E-state index < -0.39 is 35.0 Å². The highest BCUT2D eigenvalue weighted by Crippen LogP contribution is 2.35. The van der Waals surface area contributed by atoms with Crippen LogP contribution in [0.5, 0.6) is 0 Å². The summed E-state index contributed by atoms with van der Waals surface area (Å²) in [6.07, 6.45) is -5.23. The Labute approximate surface area is 145 Å². The Bertz CT molecular complexity index is 900. The van der Waals surface area contributed by atoms with Crippen molar-refractivity contribution in [2.75, 3.05) is 11.9 Å². The SMILES string of the molecule is O=C(Nc1c(C#CCO)cc(-c2ccccc2)cc1[N+](=O)[O-])C(F)(F)F. The first-order valence-corrected chi connectivity index (χ1v) is 7.09. The Balaban J connectivity index is 2.68. The molecule has 0 aromatic heterocycles. The molecule has 0 saturated carbocycles. The molecule has 0 aliphatic rings. The number of halogens is 3. The maximum Gasteiger partial charge on any atom is 0.471 e. The molecular formula is C17H11F3N2O4. The van der Waals surface area contributed by atoms with E-state index in [2.05, 4.69) is 11.8 Å². The molecule has 0 fully saturated rings. The van der Waals surface area contributed by atoms with E-state index in [1.54, 1.807) is 30.3 Å². The van der Waals surface area contributed by atoms with Gasteiger partial charge in [0, 0.05) is 6.07 Å². The topological polar surface area (TPSA) is 92.5 Å². The number of carbonyl (C=O) groups excluding carboxylic acids is 1. The summed E-state index contributed by atoms with van der Waals surface area (Å²) in [6, 6.07) is 10.7. The summed E-state index contributed by atoms with van der Waals surface area (Å²) in [5, 5.41) is 21.7. The maximum absolute atomic E-state index is 12.5. The molecule has 2 aromatic carbocycles. The first-order chi connectivity index (χ1) is 12.2. The zero-order valence-electron chi connectivity index (χ0n) is 13.0. The molecule has 0 unspecified atom stereocenters. The number of hydrogen-bond donors (Lipinski definition) is 2. The third-order valence-corrected chi connectivity index (χ3v) is 3.22. The summed E-state index contributed by atoms with van der Waals surface area (Å²) in [5.41, 5.74) is -0.755.